The zero-order chi connectivity index (χ0) is 19.6. The number of H-pyrrole nitrogens is 1. The Balaban J connectivity index is 2.01. The summed E-state index contributed by atoms with van der Waals surface area (Å²) in [5, 5.41) is 4.20. The Labute approximate surface area is 160 Å². The van der Waals surface area contributed by atoms with E-state index in [1.807, 2.05) is 18.2 Å². The van der Waals surface area contributed by atoms with Crippen molar-refractivity contribution in [1.29, 1.82) is 0 Å². The molecule has 6 nitrogen and oxygen atoms in total. The molecular weight excluding hydrogens is 338 g/mol. The maximum atomic E-state index is 12.4. The Kier molecular flexibility index (Phi) is 5.56. The van der Waals surface area contributed by atoms with Crippen molar-refractivity contribution in [2.75, 3.05) is 13.1 Å². The van der Waals surface area contributed by atoms with Gasteiger partial charge in [0.2, 0.25) is 0 Å². The third-order valence-electron chi connectivity index (χ3n) is 5.30. The molecule has 2 N–H and O–H groups in total. The van der Waals surface area contributed by atoms with Gasteiger partial charge >= 0.3 is 0 Å². The van der Waals surface area contributed by atoms with E-state index in [0.717, 1.165) is 30.0 Å². The molecule has 1 aliphatic heterocycles. The lowest BCUT2D eigenvalue weighted by Gasteiger charge is -2.27. The molecule has 0 radical (unpaired) electrons. The van der Waals surface area contributed by atoms with Crippen LogP contribution in [0.5, 0.6) is 0 Å². The fourth-order valence-corrected chi connectivity index (χ4v) is 3.85. The van der Waals surface area contributed by atoms with E-state index >= 15 is 0 Å². The lowest BCUT2D eigenvalue weighted by Crippen LogP contribution is -2.27. The number of nitrogens with one attached hydrogen (secondary N) is 2. The number of hydrazone groups is 1. The van der Waals surface area contributed by atoms with E-state index in [4.69, 9.17) is 0 Å². The summed E-state index contributed by atoms with van der Waals surface area (Å²) in [5.41, 5.74) is 9.11. The van der Waals surface area contributed by atoms with Crippen LogP contribution in [0.3, 0.4) is 0 Å². The Hall–Kier alpha value is -2.73. The van der Waals surface area contributed by atoms with E-state index in [2.05, 4.69) is 60.0 Å². The number of hydrogen-bond donors (Lipinski definition) is 2. The quantitative estimate of drug-likeness (QED) is 0.771. The fourth-order valence-electron chi connectivity index (χ4n) is 3.85. The summed E-state index contributed by atoms with van der Waals surface area (Å²) in [6.45, 7) is 12.8. The molecule has 1 amide bonds. The first-order chi connectivity index (χ1) is 13.0. The molecule has 0 spiro atoms. The summed E-state index contributed by atoms with van der Waals surface area (Å²) in [6.07, 6.45) is 5.32. The van der Waals surface area contributed by atoms with E-state index < -0.39 is 0 Å². The number of pyridine rings is 1. The molecule has 2 aromatic rings. The van der Waals surface area contributed by atoms with Crippen LogP contribution in [0.15, 0.2) is 35.2 Å². The average molecular weight is 365 g/mol. The second kappa shape index (κ2) is 7.88. The summed E-state index contributed by atoms with van der Waals surface area (Å²) in [4.78, 5) is 22.4. The van der Waals surface area contributed by atoms with E-state index in [1.165, 1.54) is 11.1 Å². The van der Waals surface area contributed by atoms with Crippen LogP contribution in [-0.4, -0.2) is 39.6 Å². The highest BCUT2D eigenvalue weighted by molar-refractivity contribution is 6.33. The molecule has 0 aliphatic carbocycles. The van der Waals surface area contributed by atoms with Gasteiger partial charge in [0.25, 0.3) is 5.91 Å². The van der Waals surface area contributed by atoms with Crippen LogP contribution >= 0.6 is 0 Å². The van der Waals surface area contributed by atoms with Gasteiger partial charge in [0.05, 0.1) is 5.57 Å². The number of aryl methyl sites for hydroxylation is 1. The zero-order valence-corrected chi connectivity index (χ0v) is 16.6. The normalized spacial score (nSPS) is 16.7. The molecule has 3 heterocycles. The SMILES string of the molecule is CCN(CC)C(C)c1c(C)[nH]c(/C=C2/C(=O)NN=C2c2cccnc2)c1C. The highest BCUT2D eigenvalue weighted by atomic mass is 16.2. The topological polar surface area (TPSA) is 73.4 Å². The molecule has 1 unspecified atom stereocenters. The molecule has 1 aliphatic rings. The first-order valence-electron chi connectivity index (χ1n) is 9.41. The second-order valence-corrected chi connectivity index (χ2v) is 6.80. The summed E-state index contributed by atoms with van der Waals surface area (Å²) < 4.78 is 0. The number of aromatic amines is 1. The lowest BCUT2D eigenvalue weighted by atomic mass is 9.99. The lowest BCUT2D eigenvalue weighted by molar-refractivity contribution is -0.116. The van der Waals surface area contributed by atoms with Gasteiger partial charge in [-0.2, -0.15) is 5.10 Å². The molecule has 0 saturated heterocycles. The van der Waals surface area contributed by atoms with Crippen LogP contribution in [0.2, 0.25) is 0 Å². The third kappa shape index (κ3) is 3.57. The van der Waals surface area contributed by atoms with E-state index in [1.54, 1.807) is 12.4 Å². The number of carbonyl (C=O) groups is 1. The van der Waals surface area contributed by atoms with Crippen LogP contribution in [0, 0.1) is 13.8 Å². The monoisotopic (exact) mass is 365 g/mol. The predicted octanol–water partition coefficient (Wildman–Crippen LogP) is 3.35. The first kappa shape index (κ1) is 19.0. The molecule has 0 aromatic carbocycles. The van der Waals surface area contributed by atoms with Gasteiger partial charge in [-0.15, -0.1) is 0 Å². The standard InChI is InChI=1S/C21H27N5O/c1-6-26(7-2)15(5)19-13(3)18(23-14(19)4)11-17-20(24-25-21(17)27)16-9-8-10-22-12-16/h8-12,15,23H,6-7H2,1-5H3,(H,25,27)/b17-11+. The number of nitrogens with zero attached hydrogens (tertiary/aromatic N) is 3. The van der Waals surface area contributed by atoms with Crippen LogP contribution in [0.25, 0.3) is 6.08 Å². The second-order valence-electron chi connectivity index (χ2n) is 6.80. The number of amides is 1. The van der Waals surface area contributed by atoms with Gasteiger partial charge in [0.15, 0.2) is 0 Å². The Bertz CT molecular complexity index is 891. The smallest absolute Gasteiger partial charge is 0.273 e. The molecule has 1 atom stereocenters. The van der Waals surface area contributed by atoms with Crippen molar-refractivity contribution in [2.24, 2.45) is 5.10 Å². The number of carbonyl (C=O) groups excluding carboxylic acids is 1. The minimum absolute atomic E-state index is 0.196. The van der Waals surface area contributed by atoms with Crippen LogP contribution < -0.4 is 5.43 Å². The van der Waals surface area contributed by atoms with Crippen LogP contribution in [-0.2, 0) is 4.79 Å². The molecule has 2 aromatic heterocycles. The van der Waals surface area contributed by atoms with Gasteiger partial charge in [-0.1, -0.05) is 13.8 Å². The van der Waals surface area contributed by atoms with Gasteiger partial charge in [-0.05, 0) is 63.2 Å². The van der Waals surface area contributed by atoms with Crippen molar-refractivity contribution in [2.45, 2.75) is 40.7 Å². The van der Waals surface area contributed by atoms with Crippen LogP contribution in [0.1, 0.15) is 54.9 Å². The van der Waals surface area contributed by atoms with Crippen molar-refractivity contribution in [3.63, 3.8) is 0 Å². The van der Waals surface area contributed by atoms with E-state index in [-0.39, 0.29) is 5.91 Å². The molecule has 0 bridgehead atoms. The number of rotatable bonds is 6. The minimum atomic E-state index is -0.196. The third-order valence-corrected chi connectivity index (χ3v) is 5.30. The largest absolute Gasteiger partial charge is 0.359 e. The predicted molar refractivity (Wildman–Crippen MR) is 108 cm³/mol. The molecular formula is C21H27N5O. The van der Waals surface area contributed by atoms with Gasteiger partial charge in [0.1, 0.15) is 5.71 Å². The van der Waals surface area contributed by atoms with E-state index in [0.29, 0.717) is 17.3 Å². The molecule has 27 heavy (non-hydrogen) atoms. The Morgan fingerprint density at radius 2 is 2.00 bits per heavy atom. The van der Waals surface area contributed by atoms with Crippen molar-refractivity contribution in [3.05, 3.63) is 58.2 Å². The maximum Gasteiger partial charge on any atom is 0.273 e. The minimum Gasteiger partial charge on any atom is -0.359 e. The fraction of sp³-hybridized carbons (Fsp3) is 0.381. The highest BCUT2D eigenvalue weighted by Gasteiger charge is 2.26. The van der Waals surface area contributed by atoms with E-state index in [9.17, 15) is 4.79 Å². The van der Waals surface area contributed by atoms with Gasteiger partial charge in [-0.3, -0.25) is 14.7 Å². The molecule has 3 rings (SSSR count). The molecule has 142 valence electrons. The first-order valence-corrected chi connectivity index (χ1v) is 9.41. The summed E-state index contributed by atoms with van der Waals surface area (Å²) in [5.74, 6) is -0.196. The van der Waals surface area contributed by atoms with Crippen molar-refractivity contribution >= 4 is 17.7 Å². The van der Waals surface area contributed by atoms with Crippen molar-refractivity contribution in [1.82, 2.24) is 20.3 Å². The van der Waals surface area contributed by atoms with Crippen molar-refractivity contribution in [3.8, 4) is 0 Å². The van der Waals surface area contributed by atoms with Crippen molar-refractivity contribution < 1.29 is 4.79 Å². The number of hydrogen-bond acceptors (Lipinski definition) is 4. The van der Waals surface area contributed by atoms with Gasteiger partial charge < -0.3 is 4.98 Å². The average Bonchev–Trinajstić information content (AvgIpc) is 3.16. The van der Waals surface area contributed by atoms with Gasteiger partial charge in [-0.25, -0.2) is 5.43 Å². The summed E-state index contributed by atoms with van der Waals surface area (Å²) in [7, 11) is 0. The maximum absolute atomic E-state index is 12.4. The molecule has 6 heteroatoms. The molecule has 0 fully saturated rings. The Morgan fingerprint density at radius 1 is 1.26 bits per heavy atom. The summed E-state index contributed by atoms with van der Waals surface area (Å²) >= 11 is 0. The summed E-state index contributed by atoms with van der Waals surface area (Å²) in [6, 6.07) is 4.06. The van der Waals surface area contributed by atoms with Gasteiger partial charge in [0, 0.05) is 35.4 Å². The highest BCUT2D eigenvalue weighted by Crippen LogP contribution is 2.30. The van der Waals surface area contributed by atoms with Crippen LogP contribution in [0.4, 0.5) is 0 Å². The Morgan fingerprint density at radius 3 is 2.63 bits per heavy atom. The zero-order valence-electron chi connectivity index (χ0n) is 16.6. The number of aromatic nitrogens is 2. The molecule has 0 saturated carbocycles.